The number of fused-ring (bicyclic) bond motifs is 6. The summed E-state index contributed by atoms with van der Waals surface area (Å²) in [4.78, 5) is 0. The van der Waals surface area contributed by atoms with Crippen molar-refractivity contribution < 1.29 is 0 Å². The lowest BCUT2D eigenvalue weighted by Crippen LogP contribution is -2.02. The topological polar surface area (TPSA) is 4.93 Å². The molecule has 1 heterocycles. The van der Waals surface area contributed by atoms with Crippen molar-refractivity contribution in [1.29, 1.82) is 0 Å². The minimum absolute atomic E-state index is 0.908. The second-order valence-corrected chi connectivity index (χ2v) is 7.40. The van der Waals surface area contributed by atoms with Gasteiger partial charge in [-0.15, -0.1) is 0 Å². The first-order chi connectivity index (χ1) is 13.4. The third-order valence-electron chi connectivity index (χ3n) is 5.96. The quantitative estimate of drug-likeness (QED) is 0.341. The highest BCUT2D eigenvalue weighted by atomic mass is 15.0. The molecule has 0 atom stereocenters. The molecule has 1 aliphatic rings. The van der Waals surface area contributed by atoms with E-state index >= 15 is 0 Å². The summed E-state index contributed by atoms with van der Waals surface area (Å²) in [7, 11) is 0. The van der Waals surface area contributed by atoms with Crippen LogP contribution in [-0.2, 0) is 13.0 Å². The van der Waals surface area contributed by atoms with Gasteiger partial charge >= 0.3 is 0 Å². The van der Waals surface area contributed by atoms with Crippen LogP contribution >= 0.6 is 0 Å². The zero-order chi connectivity index (χ0) is 17.8. The van der Waals surface area contributed by atoms with Crippen molar-refractivity contribution in [3.8, 4) is 11.1 Å². The minimum atomic E-state index is 0.908. The molecule has 5 aromatic rings. The molecule has 0 spiro atoms. The van der Waals surface area contributed by atoms with Crippen molar-refractivity contribution in [2.75, 3.05) is 0 Å². The van der Waals surface area contributed by atoms with Crippen molar-refractivity contribution in [3.63, 3.8) is 0 Å². The zero-order valence-electron chi connectivity index (χ0n) is 15.0. The van der Waals surface area contributed by atoms with Gasteiger partial charge in [0.2, 0.25) is 0 Å². The first-order valence-electron chi connectivity index (χ1n) is 9.55. The number of aromatic nitrogens is 1. The Labute approximate surface area is 158 Å². The molecule has 0 fully saturated rings. The molecule has 0 saturated heterocycles. The van der Waals surface area contributed by atoms with Gasteiger partial charge in [-0.25, -0.2) is 0 Å². The van der Waals surface area contributed by atoms with Gasteiger partial charge in [0, 0.05) is 28.4 Å². The summed E-state index contributed by atoms with van der Waals surface area (Å²) in [6, 6.07) is 33.1. The molecule has 6 rings (SSSR count). The van der Waals surface area contributed by atoms with Crippen LogP contribution in [0.3, 0.4) is 0 Å². The van der Waals surface area contributed by atoms with E-state index in [1.54, 1.807) is 0 Å². The minimum Gasteiger partial charge on any atom is -0.336 e. The highest BCUT2D eigenvalue weighted by molar-refractivity contribution is 6.08. The van der Waals surface area contributed by atoms with Gasteiger partial charge in [0.25, 0.3) is 0 Å². The van der Waals surface area contributed by atoms with Crippen LogP contribution in [0.1, 0.15) is 16.7 Å². The van der Waals surface area contributed by atoms with Crippen LogP contribution in [0.25, 0.3) is 32.9 Å². The summed E-state index contributed by atoms with van der Waals surface area (Å²) in [5.74, 6) is 0. The second-order valence-electron chi connectivity index (χ2n) is 7.40. The molecule has 27 heavy (non-hydrogen) atoms. The van der Waals surface area contributed by atoms with E-state index in [-0.39, 0.29) is 0 Å². The van der Waals surface area contributed by atoms with Gasteiger partial charge in [0.1, 0.15) is 0 Å². The van der Waals surface area contributed by atoms with Crippen molar-refractivity contribution in [3.05, 3.63) is 108 Å². The van der Waals surface area contributed by atoms with E-state index in [0.717, 1.165) is 13.0 Å². The highest BCUT2D eigenvalue weighted by Crippen LogP contribution is 2.39. The maximum Gasteiger partial charge on any atom is 0.0494 e. The molecule has 0 radical (unpaired) electrons. The maximum absolute atomic E-state index is 2.48. The van der Waals surface area contributed by atoms with Crippen LogP contribution in [0, 0.1) is 0 Å². The fourth-order valence-electron chi connectivity index (χ4n) is 4.72. The molecule has 0 saturated carbocycles. The molecule has 0 aliphatic heterocycles. The van der Waals surface area contributed by atoms with E-state index in [0.29, 0.717) is 0 Å². The Kier molecular flexibility index (Phi) is 3.06. The molecular weight excluding hydrogens is 326 g/mol. The summed E-state index contributed by atoms with van der Waals surface area (Å²) < 4.78 is 2.48. The third-order valence-corrected chi connectivity index (χ3v) is 5.96. The summed E-state index contributed by atoms with van der Waals surface area (Å²) in [5.41, 5.74) is 9.79. The van der Waals surface area contributed by atoms with Gasteiger partial charge in [-0.2, -0.15) is 0 Å². The predicted molar refractivity (Wildman–Crippen MR) is 113 cm³/mol. The number of nitrogens with zero attached hydrogens (tertiary/aromatic N) is 1. The number of rotatable bonds is 2. The maximum atomic E-state index is 2.48. The fourth-order valence-corrected chi connectivity index (χ4v) is 4.72. The molecule has 0 unspecified atom stereocenters. The van der Waals surface area contributed by atoms with Gasteiger partial charge in [-0.3, -0.25) is 0 Å². The summed E-state index contributed by atoms with van der Waals surface area (Å²) in [6.45, 7) is 0.908. The van der Waals surface area contributed by atoms with E-state index < -0.39 is 0 Å². The molecule has 1 aromatic heterocycles. The molecule has 128 valence electrons. The van der Waals surface area contributed by atoms with E-state index in [4.69, 9.17) is 0 Å². The lowest BCUT2D eigenvalue weighted by Gasteiger charge is -2.12. The molecule has 0 N–H and O–H groups in total. The van der Waals surface area contributed by atoms with Gasteiger partial charge in [0.15, 0.2) is 0 Å². The molecule has 1 heteroatoms. The molecule has 1 aliphatic carbocycles. The number of hydrogen-bond donors (Lipinski definition) is 0. The molecular formula is C26H19N. The van der Waals surface area contributed by atoms with Crippen LogP contribution in [0.2, 0.25) is 0 Å². The predicted octanol–water partition coefficient (Wildman–Crippen LogP) is 6.41. The first-order valence-corrected chi connectivity index (χ1v) is 9.55. The zero-order valence-corrected chi connectivity index (χ0v) is 15.0. The van der Waals surface area contributed by atoms with E-state index in [1.807, 2.05) is 0 Å². The van der Waals surface area contributed by atoms with E-state index in [2.05, 4.69) is 95.6 Å². The molecule has 1 nitrogen and oxygen atoms in total. The standard InChI is InChI=1S/C26H19N/c1-2-10-20-18(8-1)16-24-19(9-7-13-21(20)24)17-27-25-14-5-3-11-22(25)23-12-4-6-15-26(23)27/h1-15H,16-17H2. The molecule has 4 aromatic carbocycles. The number of benzene rings is 4. The van der Waals surface area contributed by atoms with E-state index in [1.165, 1.54) is 49.6 Å². The van der Waals surface area contributed by atoms with Crippen LogP contribution in [0.5, 0.6) is 0 Å². The lowest BCUT2D eigenvalue weighted by atomic mass is 10.0. The number of hydrogen-bond acceptors (Lipinski definition) is 0. The van der Waals surface area contributed by atoms with Crippen molar-refractivity contribution in [2.45, 2.75) is 13.0 Å². The average Bonchev–Trinajstić information content (AvgIpc) is 3.26. The van der Waals surface area contributed by atoms with Gasteiger partial charge < -0.3 is 4.57 Å². The Morgan fingerprint density at radius 3 is 2.00 bits per heavy atom. The monoisotopic (exact) mass is 345 g/mol. The number of para-hydroxylation sites is 2. The Balaban J connectivity index is 1.56. The SMILES string of the molecule is c1ccc2c(c1)Cc1c(Cn3c4ccccc4c4ccccc43)cccc1-2. The van der Waals surface area contributed by atoms with Crippen LogP contribution in [0.15, 0.2) is 91.0 Å². The van der Waals surface area contributed by atoms with Gasteiger partial charge in [-0.05, 0) is 46.4 Å². The smallest absolute Gasteiger partial charge is 0.0494 e. The third kappa shape index (κ3) is 2.12. The van der Waals surface area contributed by atoms with Crippen molar-refractivity contribution >= 4 is 21.8 Å². The molecule has 0 amide bonds. The van der Waals surface area contributed by atoms with Crippen LogP contribution < -0.4 is 0 Å². The summed E-state index contributed by atoms with van der Waals surface area (Å²) in [5, 5.41) is 2.67. The largest absolute Gasteiger partial charge is 0.336 e. The Morgan fingerprint density at radius 2 is 1.22 bits per heavy atom. The van der Waals surface area contributed by atoms with Crippen LogP contribution in [0.4, 0.5) is 0 Å². The lowest BCUT2D eigenvalue weighted by molar-refractivity contribution is 0.858. The first kappa shape index (κ1) is 14.8. The normalized spacial score (nSPS) is 12.4. The summed E-state index contributed by atoms with van der Waals surface area (Å²) >= 11 is 0. The highest BCUT2D eigenvalue weighted by Gasteiger charge is 2.21. The van der Waals surface area contributed by atoms with Gasteiger partial charge in [-0.1, -0.05) is 78.9 Å². The Morgan fingerprint density at radius 1 is 0.593 bits per heavy atom. The van der Waals surface area contributed by atoms with Crippen molar-refractivity contribution in [1.82, 2.24) is 4.57 Å². The average molecular weight is 345 g/mol. The summed E-state index contributed by atoms with van der Waals surface area (Å²) in [6.07, 6.45) is 1.04. The van der Waals surface area contributed by atoms with Gasteiger partial charge in [0.05, 0.1) is 0 Å². The fraction of sp³-hybridized carbons (Fsp3) is 0.0769. The second kappa shape index (κ2) is 5.59. The molecule has 0 bridgehead atoms. The van der Waals surface area contributed by atoms with E-state index in [9.17, 15) is 0 Å². The van der Waals surface area contributed by atoms with Crippen molar-refractivity contribution in [2.24, 2.45) is 0 Å². The Bertz CT molecular complexity index is 1270. The Hall–Kier alpha value is -3.32. The van der Waals surface area contributed by atoms with Crippen LogP contribution in [-0.4, -0.2) is 4.57 Å².